The van der Waals surface area contributed by atoms with Crippen molar-refractivity contribution in [2.24, 2.45) is 0 Å². The first kappa shape index (κ1) is 22.2. The molecule has 0 aliphatic carbocycles. The summed E-state index contributed by atoms with van der Waals surface area (Å²) in [6.07, 6.45) is 1.76. The number of allylic oxidation sites excluding steroid dienone is 1. The number of imide groups is 1. The van der Waals surface area contributed by atoms with Gasteiger partial charge in [-0.25, -0.2) is 0 Å². The Labute approximate surface area is 180 Å². The zero-order chi connectivity index (χ0) is 21.7. The summed E-state index contributed by atoms with van der Waals surface area (Å²) in [5.74, 6) is -0.489. The molecule has 1 heterocycles. The summed E-state index contributed by atoms with van der Waals surface area (Å²) in [6.45, 7) is 10.2. The van der Waals surface area contributed by atoms with Crippen molar-refractivity contribution >= 4 is 20.1 Å². The van der Waals surface area contributed by atoms with Gasteiger partial charge in [-0.1, -0.05) is 75.4 Å². The maximum absolute atomic E-state index is 13.5. The number of hydrogen-bond donors (Lipinski definition) is 0. The molecule has 1 aliphatic rings. The van der Waals surface area contributed by atoms with E-state index in [1.165, 1.54) is 4.90 Å². The lowest BCUT2D eigenvalue weighted by Gasteiger charge is -2.49. The predicted octanol–water partition coefficient (Wildman–Crippen LogP) is 5.53. The Kier molecular flexibility index (Phi) is 7.05. The Balaban J connectivity index is 1.98. The van der Waals surface area contributed by atoms with Crippen molar-refractivity contribution in [2.75, 3.05) is 0 Å². The van der Waals surface area contributed by atoms with Crippen molar-refractivity contribution in [2.45, 2.75) is 57.5 Å². The maximum Gasteiger partial charge on any atom is 0.261 e. The van der Waals surface area contributed by atoms with Gasteiger partial charge in [-0.05, 0) is 41.7 Å². The third kappa shape index (κ3) is 4.05. The van der Waals surface area contributed by atoms with E-state index in [0.29, 0.717) is 12.0 Å². The van der Waals surface area contributed by atoms with Gasteiger partial charge in [-0.15, -0.1) is 6.58 Å². The van der Waals surface area contributed by atoms with Gasteiger partial charge >= 0.3 is 0 Å². The number of benzene rings is 2. The van der Waals surface area contributed by atoms with E-state index in [2.05, 4.69) is 27.4 Å². The molecule has 2 aromatic rings. The van der Waals surface area contributed by atoms with Crippen molar-refractivity contribution in [3.63, 3.8) is 0 Å². The first-order valence-electron chi connectivity index (χ1n) is 10.8. The molecule has 30 heavy (non-hydrogen) atoms. The highest BCUT2D eigenvalue weighted by atomic mass is 28.4. The molecule has 2 aromatic carbocycles. The maximum atomic E-state index is 13.5. The fourth-order valence-electron chi connectivity index (χ4n) is 4.24. The van der Waals surface area contributed by atoms with Crippen LogP contribution in [0, 0.1) is 0 Å². The summed E-state index contributed by atoms with van der Waals surface area (Å²) in [6, 6.07) is 19.7. The lowest BCUT2D eigenvalue weighted by atomic mass is 9.89. The van der Waals surface area contributed by atoms with Crippen LogP contribution in [0.5, 0.6) is 0 Å². The number of likely N-dealkylation sites (tertiary alicyclic amines) is 1. The Hall–Kier alpha value is -2.50. The minimum Gasteiger partial charge on any atom is -0.403 e. The molecule has 0 unspecified atom stereocenters. The summed E-state index contributed by atoms with van der Waals surface area (Å²) < 4.78 is 6.57. The molecule has 1 aliphatic heterocycles. The van der Waals surface area contributed by atoms with Gasteiger partial charge in [-0.2, -0.15) is 0 Å². The van der Waals surface area contributed by atoms with E-state index in [0.717, 1.165) is 29.3 Å². The first-order valence-corrected chi connectivity index (χ1v) is 13.3. The minimum atomic E-state index is -2.01. The second-order valence-corrected chi connectivity index (χ2v) is 12.5. The van der Waals surface area contributed by atoms with Crippen molar-refractivity contribution in [3.8, 4) is 0 Å². The van der Waals surface area contributed by atoms with Crippen molar-refractivity contribution in [3.05, 3.63) is 83.9 Å². The molecular weight excluding hydrogens is 390 g/mol. The van der Waals surface area contributed by atoms with Gasteiger partial charge < -0.3 is 4.43 Å². The molecule has 4 nitrogen and oxygen atoms in total. The topological polar surface area (TPSA) is 46.6 Å². The van der Waals surface area contributed by atoms with E-state index in [9.17, 15) is 9.59 Å². The van der Waals surface area contributed by atoms with Crippen LogP contribution in [0.15, 0.2) is 67.3 Å². The molecule has 0 spiro atoms. The van der Waals surface area contributed by atoms with Gasteiger partial charge in [0.15, 0.2) is 14.4 Å². The van der Waals surface area contributed by atoms with Crippen LogP contribution in [-0.2, 0) is 15.6 Å². The van der Waals surface area contributed by atoms with Gasteiger partial charge in [-0.3, -0.25) is 14.5 Å². The SMILES string of the molecule is C=CCc1ccccc1C(=O)N1C(=O)[C@H](O[Si](CC)(CC)CC)[C@@H]1c1ccccc1. The third-order valence-corrected chi connectivity index (χ3v) is 10.9. The fraction of sp³-hybridized carbons (Fsp3) is 0.360. The highest BCUT2D eigenvalue weighted by Crippen LogP contribution is 2.41. The summed E-state index contributed by atoms with van der Waals surface area (Å²) in [7, 11) is -2.01. The summed E-state index contributed by atoms with van der Waals surface area (Å²) >= 11 is 0. The second kappa shape index (κ2) is 9.54. The number of nitrogens with zero attached hydrogens (tertiary/aromatic N) is 1. The smallest absolute Gasteiger partial charge is 0.261 e. The molecular formula is C25H31NO3Si. The molecule has 158 valence electrons. The normalized spacial score (nSPS) is 18.8. The highest BCUT2D eigenvalue weighted by Gasteiger charge is 2.54. The Morgan fingerprint density at radius 3 is 2.23 bits per heavy atom. The minimum absolute atomic E-state index is 0.227. The van der Waals surface area contributed by atoms with Gasteiger partial charge in [0.1, 0.15) is 0 Å². The van der Waals surface area contributed by atoms with Crippen LogP contribution in [0.3, 0.4) is 0 Å². The zero-order valence-corrected chi connectivity index (χ0v) is 19.1. The fourth-order valence-corrected chi connectivity index (χ4v) is 7.01. The van der Waals surface area contributed by atoms with Crippen LogP contribution < -0.4 is 0 Å². The van der Waals surface area contributed by atoms with Crippen LogP contribution in [0.4, 0.5) is 0 Å². The Bertz CT molecular complexity index is 899. The average Bonchev–Trinajstić information content (AvgIpc) is 2.79. The molecule has 0 N–H and O–H groups in total. The summed E-state index contributed by atoms with van der Waals surface area (Å²) in [4.78, 5) is 28.1. The lowest BCUT2D eigenvalue weighted by molar-refractivity contribution is -0.158. The van der Waals surface area contributed by atoms with Crippen LogP contribution in [0.25, 0.3) is 0 Å². The number of hydrogen-bond acceptors (Lipinski definition) is 3. The average molecular weight is 422 g/mol. The quantitative estimate of drug-likeness (QED) is 0.231. The molecule has 1 fully saturated rings. The molecule has 2 atom stereocenters. The number of rotatable bonds is 9. The second-order valence-electron chi connectivity index (χ2n) is 7.80. The van der Waals surface area contributed by atoms with Crippen molar-refractivity contribution in [1.29, 1.82) is 0 Å². The van der Waals surface area contributed by atoms with Gasteiger partial charge in [0.05, 0.1) is 6.04 Å². The lowest BCUT2D eigenvalue weighted by Crippen LogP contribution is -2.64. The van der Waals surface area contributed by atoms with E-state index in [1.54, 1.807) is 12.1 Å². The standard InChI is InChI=1S/C25H31NO3Si/c1-5-14-19-15-12-13-18-21(19)24(27)26-22(20-16-10-9-11-17-20)23(25(26)28)29-30(6-2,7-3)8-4/h5,9-13,15-18,22-23H,1,6-8,14H2,2-4H3/t22-,23+/m0/s1. The Morgan fingerprint density at radius 1 is 1.03 bits per heavy atom. The van der Waals surface area contributed by atoms with Gasteiger partial charge in [0.25, 0.3) is 11.8 Å². The van der Waals surface area contributed by atoms with E-state index in [1.807, 2.05) is 48.5 Å². The van der Waals surface area contributed by atoms with Gasteiger partial charge in [0, 0.05) is 5.56 Å². The molecule has 2 amide bonds. The van der Waals surface area contributed by atoms with Crippen molar-refractivity contribution < 1.29 is 14.0 Å². The van der Waals surface area contributed by atoms with Crippen LogP contribution in [0.2, 0.25) is 18.1 Å². The van der Waals surface area contributed by atoms with E-state index in [-0.39, 0.29) is 17.9 Å². The number of amides is 2. The molecule has 1 saturated heterocycles. The molecule has 0 aromatic heterocycles. The Morgan fingerprint density at radius 2 is 1.63 bits per heavy atom. The van der Waals surface area contributed by atoms with Crippen molar-refractivity contribution in [1.82, 2.24) is 4.90 Å². The zero-order valence-electron chi connectivity index (χ0n) is 18.1. The van der Waals surface area contributed by atoms with Crippen LogP contribution in [0.1, 0.15) is 48.3 Å². The summed E-state index contributed by atoms with van der Waals surface area (Å²) in [5.41, 5.74) is 2.36. The number of β-lactam (4-membered cyclic amide) rings is 1. The van der Waals surface area contributed by atoms with Crippen LogP contribution in [-0.4, -0.2) is 31.1 Å². The molecule has 0 radical (unpaired) electrons. The van der Waals surface area contributed by atoms with Crippen LogP contribution >= 0.6 is 0 Å². The summed E-state index contributed by atoms with van der Waals surface area (Å²) in [5, 5.41) is 0. The van der Waals surface area contributed by atoms with E-state index in [4.69, 9.17) is 4.43 Å². The first-order chi connectivity index (χ1) is 14.5. The monoisotopic (exact) mass is 421 g/mol. The predicted molar refractivity (Wildman–Crippen MR) is 123 cm³/mol. The number of carbonyl (C=O) groups is 2. The molecule has 3 rings (SSSR count). The van der Waals surface area contributed by atoms with Gasteiger partial charge in [0.2, 0.25) is 0 Å². The number of carbonyl (C=O) groups excluding carboxylic acids is 2. The molecule has 0 saturated carbocycles. The molecule has 0 bridgehead atoms. The highest BCUT2D eigenvalue weighted by molar-refractivity contribution is 6.73. The van der Waals surface area contributed by atoms with E-state index >= 15 is 0 Å². The molecule has 5 heteroatoms. The largest absolute Gasteiger partial charge is 0.403 e. The third-order valence-electron chi connectivity index (χ3n) is 6.33. The van der Waals surface area contributed by atoms with E-state index < -0.39 is 14.4 Å².